The molecule has 1 aliphatic carbocycles. The lowest BCUT2D eigenvalue weighted by molar-refractivity contribution is -0.133. The van der Waals surface area contributed by atoms with Crippen LogP contribution in [0.4, 0.5) is 13.2 Å². The Kier molecular flexibility index (Phi) is 4.32. The van der Waals surface area contributed by atoms with Gasteiger partial charge in [0.1, 0.15) is 0 Å². The number of hydrogen-bond donors (Lipinski definition) is 2. The average molecular weight is 362 g/mol. The van der Waals surface area contributed by atoms with Crippen molar-refractivity contribution in [1.82, 2.24) is 5.32 Å². The Labute approximate surface area is 146 Å². The lowest BCUT2D eigenvalue weighted by Crippen LogP contribution is -2.48. The largest absolute Gasteiger partial charge is 0.478 e. The number of hydrogen-bond acceptors (Lipinski definition) is 4. The summed E-state index contributed by atoms with van der Waals surface area (Å²) in [5.74, 6) is -4.00. The first-order valence-corrected chi connectivity index (χ1v) is 7.69. The highest BCUT2D eigenvalue weighted by molar-refractivity contribution is 6.06. The van der Waals surface area contributed by atoms with Crippen molar-refractivity contribution in [2.24, 2.45) is 0 Å². The van der Waals surface area contributed by atoms with Crippen molar-refractivity contribution in [3.8, 4) is 6.07 Å². The lowest BCUT2D eigenvalue weighted by atomic mass is 9.74. The molecule has 0 fully saturated rings. The van der Waals surface area contributed by atoms with Crippen LogP contribution in [0.3, 0.4) is 0 Å². The van der Waals surface area contributed by atoms with Crippen LogP contribution in [0.15, 0.2) is 46.8 Å². The van der Waals surface area contributed by atoms with Gasteiger partial charge >= 0.3 is 5.97 Å². The molecule has 1 aliphatic heterocycles. The third-order valence-corrected chi connectivity index (χ3v) is 4.52. The summed E-state index contributed by atoms with van der Waals surface area (Å²) >= 11 is 0. The number of halogens is 3. The SMILES string of the molecule is CC1=C(C(=O)O)C(c2cccc(C#N)c2)C2=C(N1)C(F)C(F)C(F)C2=O. The molecule has 0 spiro atoms. The summed E-state index contributed by atoms with van der Waals surface area (Å²) in [7, 11) is 0. The topological polar surface area (TPSA) is 90.2 Å². The summed E-state index contributed by atoms with van der Waals surface area (Å²) in [6.45, 7) is 1.35. The Morgan fingerprint density at radius 3 is 2.58 bits per heavy atom. The normalized spacial score (nSPS) is 28.3. The van der Waals surface area contributed by atoms with Crippen molar-refractivity contribution in [2.75, 3.05) is 0 Å². The molecular weight excluding hydrogens is 349 g/mol. The molecule has 5 nitrogen and oxygen atoms in total. The summed E-state index contributed by atoms with van der Waals surface area (Å²) in [6.07, 6.45) is -7.82. The number of carbonyl (C=O) groups excluding carboxylic acids is 1. The first-order chi connectivity index (χ1) is 12.3. The maximum absolute atomic E-state index is 14.4. The maximum Gasteiger partial charge on any atom is 0.334 e. The molecule has 0 radical (unpaired) electrons. The fraction of sp³-hybridized carbons (Fsp3) is 0.278. The molecule has 0 aromatic heterocycles. The van der Waals surface area contributed by atoms with E-state index in [4.69, 9.17) is 5.26 Å². The highest BCUT2D eigenvalue weighted by Crippen LogP contribution is 2.44. The molecule has 8 heteroatoms. The number of aliphatic carboxylic acids is 1. The van der Waals surface area contributed by atoms with Crippen LogP contribution in [0.25, 0.3) is 0 Å². The van der Waals surface area contributed by atoms with Crippen LogP contribution < -0.4 is 5.32 Å². The van der Waals surface area contributed by atoms with Crippen molar-refractivity contribution in [2.45, 2.75) is 31.4 Å². The second-order valence-electron chi connectivity index (χ2n) is 6.08. The summed E-state index contributed by atoms with van der Waals surface area (Å²) in [5.41, 5.74) is -0.804. The number of carbonyl (C=O) groups is 2. The van der Waals surface area contributed by atoms with E-state index in [1.807, 2.05) is 6.07 Å². The Balaban J connectivity index is 2.28. The van der Waals surface area contributed by atoms with Crippen molar-refractivity contribution >= 4 is 11.8 Å². The molecule has 1 aromatic carbocycles. The zero-order valence-corrected chi connectivity index (χ0v) is 13.5. The molecular formula is C18H13F3N2O3. The number of benzene rings is 1. The number of dihydropyridines is 1. The summed E-state index contributed by atoms with van der Waals surface area (Å²) < 4.78 is 42.2. The molecule has 2 aliphatic rings. The minimum absolute atomic E-state index is 0.0172. The predicted molar refractivity (Wildman–Crippen MR) is 84.1 cm³/mol. The molecule has 134 valence electrons. The molecule has 26 heavy (non-hydrogen) atoms. The number of nitrogens with one attached hydrogen (secondary N) is 1. The van der Waals surface area contributed by atoms with E-state index in [2.05, 4.69) is 5.32 Å². The summed E-state index contributed by atoms with van der Waals surface area (Å²) in [5, 5.41) is 21.0. The van der Waals surface area contributed by atoms with Gasteiger partial charge in [0.25, 0.3) is 0 Å². The fourth-order valence-electron chi connectivity index (χ4n) is 3.35. The van der Waals surface area contributed by atoms with E-state index in [0.717, 1.165) is 0 Å². The number of alkyl halides is 3. The molecule has 0 saturated heterocycles. The third-order valence-electron chi connectivity index (χ3n) is 4.52. The van der Waals surface area contributed by atoms with E-state index in [0.29, 0.717) is 0 Å². The minimum Gasteiger partial charge on any atom is -0.478 e. The van der Waals surface area contributed by atoms with Gasteiger partial charge in [-0.15, -0.1) is 0 Å². The quantitative estimate of drug-likeness (QED) is 0.843. The molecule has 1 heterocycles. The van der Waals surface area contributed by atoms with Gasteiger partial charge in [-0.1, -0.05) is 12.1 Å². The molecule has 4 atom stereocenters. The van der Waals surface area contributed by atoms with Crippen LogP contribution in [0.1, 0.15) is 24.0 Å². The lowest BCUT2D eigenvalue weighted by Gasteiger charge is -2.37. The fourth-order valence-corrected chi connectivity index (χ4v) is 3.35. The van der Waals surface area contributed by atoms with E-state index >= 15 is 0 Å². The van der Waals surface area contributed by atoms with Crippen LogP contribution in [0.2, 0.25) is 0 Å². The van der Waals surface area contributed by atoms with Crippen LogP contribution >= 0.6 is 0 Å². The number of carboxylic acids is 1. The minimum atomic E-state index is -2.72. The Hall–Kier alpha value is -3.08. The predicted octanol–water partition coefficient (Wildman–Crippen LogP) is 2.45. The standard InChI is InChI=1S/C18H13F3N2O3/c1-7-10(18(25)26)11(9-4-2-3-8(5-9)6-22)12-16(23-7)14(20)13(19)15(21)17(12)24/h2-5,11,13-15,23H,1H3,(H,25,26). The second-order valence-corrected chi connectivity index (χ2v) is 6.08. The van der Waals surface area contributed by atoms with Gasteiger partial charge in [-0.25, -0.2) is 18.0 Å². The smallest absolute Gasteiger partial charge is 0.334 e. The molecule has 0 saturated carbocycles. The number of Topliss-reactive ketones (excluding diaryl/α,β-unsaturated/α-hetero) is 1. The first-order valence-electron chi connectivity index (χ1n) is 7.69. The van der Waals surface area contributed by atoms with Crippen LogP contribution in [0.5, 0.6) is 0 Å². The van der Waals surface area contributed by atoms with Gasteiger partial charge in [-0.3, -0.25) is 4.79 Å². The molecule has 1 aromatic rings. The highest BCUT2D eigenvalue weighted by atomic mass is 19.2. The van der Waals surface area contributed by atoms with Crippen molar-refractivity contribution in [3.63, 3.8) is 0 Å². The van der Waals surface area contributed by atoms with E-state index in [-0.39, 0.29) is 22.4 Å². The van der Waals surface area contributed by atoms with E-state index in [9.17, 15) is 27.9 Å². The van der Waals surface area contributed by atoms with Crippen molar-refractivity contribution in [1.29, 1.82) is 5.26 Å². The van der Waals surface area contributed by atoms with Crippen LogP contribution in [-0.2, 0) is 9.59 Å². The average Bonchev–Trinajstić information content (AvgIpc) is 2.63. The number of allylic oxidation sites excluding steroid dienone is 3. The molecule has 2 N–H and O–H groups in total. The molecule has 0 amide bonds. The van der Waals surface area contributed by atoms with Gasteiger partial charge in [0.2, 0.25) is 0 Å². The van der Waals surface area contributed by atoms with Crippen LogP contribution in [-0.4, -0.2) is 35.4 Å². The summed E-state index contributed by atoms with van der Waals surface area (Å²) in [4.78, 5) is 24.1. The van der Waals surface area contributed by atoms with Crippen LogP contribution in [0, 0.1) is 11.3 Å². The van der Waals surface area contributed by atoms with Gasteiger partial charge in [-0.05, 0) is 24.6 Å². The number of ketones is 1. The Morgan fingerprint density at radius 2 is 1.96 bits per heavy atom. The van der Waals surface area contributed by atoms with E-state index < -0.39 is 47.5 Å². The Morgan fingerprint density at radius 1 is 1.27 bits per heavy atom. The number of nitrogens with zero attached hydrogens (tertiary/aromatic N) is 1. The van der Waals surface area contributed by atoms with Gasteiger partial charge in [-0.2, -0.15) is 5.26 Å². The summed E-state index contributed by atoms with van der Waals surface area (Å²) in [6, 6.07) is 7.61. The zero-order valence-electron chi connectivity index (χ0n) is 13.5. The van der Waals surface area contributed by atoms with Gasteiger partial charge in [0, 0.05) is 17.2 Å². The molecule has 3 rings (SSSR count). The number of rotatable bonds is 2. The third kappa shape index (κ3) is 2.56. The Bertz CT molecular complexity index is 917. The zero-order chi connectivity index (χ0) is 19.2. The number of nitriles is 1. The molecule has 0 bridgehead atoms. The number of carboxylic acid groups (broad SMARTS) is 1. The van der Waals surface area contributed by atoms with Gasteiger partial charge in [0.05, 0.1) is 22.9 Å². The van der Waals surface area contributed by atoms with E-state index in [1.54, 1.807) is 0 Å². The van der Waals surface area contributed by atoms with Gasteiger partial charge < -0.3 is 10.4 Å². The van der Waals surface area contributed by atoms with Gasteiger partial charge in [0.15, 0.2) is 24.3 Å². The monoisotopic (exact) mass is 362 g/mol. The van der Waals surface area contributed by atoms with Crippen molar-refractivity contribution < 1.29 is 27.9 Å². The highest BCUT2D eigenvalue weighted by Gasteiger charge is 2.50. The second kappa shape index (κ2) is 6.33. The molecule has 4 unspecified atom stereocenters. The van der Waals surface area contributed by atoms with Crippen molar-refractivity contribution in [3.05, 3.63) is 57.9 Å². The van der Waals surface area contributed by atoms with E-state index in [1.165, 1.54) is 31.2 Å². The maximum atomic E-state index is 14.4. The first kappa shape index (κ1) is 17.7.